The molecule has 0 bridgehead atoms. The van der Waals surface area contributed by atoms with Gasteiger partial charge in [-0.3, -0.25) is 10.1 Å². The summed E-state index contributed by atoms with van der Waals surface area (Å²) in [6.45, 7) is 9.92. The van der Waals surface area contributed by atoms with E-state index >= 15 is 0 Å². The van der Waals surface area contributed by atoms with Crippen molar-refractivity contribution in [3.63, 3.8) is 0 Å². The van der Waals surface area contributed by atoms with Gasteiger partial charge in [0, 0.05) is 30.3 Å². The third kappa shape index (κ3) is 4.98. The van der Waals surface area contributed by atoms with Crippen molar-refractivity contribution in [3.05, 3.63) is 76.3 Å². The Morgan fingerprint density at radius 2 is 1.68 bits per heavy atom. The van der Waals surface area contributed by atoms with Gasteiger partial charge in [0.05, 0.1) is 29.5 Å². The molecule has 3 aromatic rings. The topological polar surface area (TPSA) is 92.6 Å². The van der Waals surface area contributed by atoms with Gasteiger partial charge in [-0.25, -0.2) is 4.98 Å². The van der Waals surface area contributed by atoms with Crippen LogP contribution in [0.15, 0.2) is 60.7 Å². The predicted molar refractivity (Wildman–Crippen MR) is 148 cm³/mol. The fourth-order valence-corrected chi connectivity index (χ4v) is 5.57. The molecule has 1 aliphatic carbocycles. The highest BCUT2D eigenvalue weighted by atomic mass is 16.6. The molecular formula is C29H35N5O3. The SMILES string of the molecule is CC(C)(C)C1(c2ccc(Nc3nc(Nc4ccccc4N4CCOCC4)ccc3[N+](=O)[O-])cc2)CCC1. The zero-order chi connectivity index (χ0) is 26.0. The zero-order valence-corrected chi connectivity index (χ0v) is 21.8. The molecule has 2 aliphatic rings. The lowest BCUT2D eigenvalue weighted by atomic mass is 9.52. The lowest BCUT2D eigenvalue weighted by Gasteiger charge is -2.52. The summed E-state index contributed by atoms with van der Waals surface area (Å²) in [7, 11) is 0. The number of morpholine rings is 1. The predicted octanol–water partition coefficient (Wildman–Crippen LogP) is 6.78. The average Bonchev–Trinajstić information content (AvgIpc) is 2.84. The molecule has 2 aromatic carbocycles. The third-order valence-electron chi connectivity index (χ3n) is 7.93. The van der Waals surface area contributed by atoms with E-state index in [4.69, 9.17) is 4.74 Å². The van der Waals surface area contributed by atoms with Crippen LogP contribution in [0.5, 0.6) is 0 Å². The smallest absolute Gasteiger partial charge is 0.311 e. The summed E-state index contributed by atoms with van der Waals surface area (Å²) in [5.74, 6) is 0.743. The maximum Gasteiger partial charge on any atom is 0.311 e. The molecule has 1 saturated heterocycles. The van der Waals surface area contributed by atoms with Gasteiger partial charge in [0.1, 0.15) is 5.82 Å². The fraction of sp³-hybridized carbons (Fsp3) is 0.414. The summed E-state index contributed by atoms with van der Waals surface area (Å²) in [6, 6.07) is 19.5. The minimum Gasteiger partial charge on any atom is -0.378 e. The molecular weight excluding hydrogens is 466 g/mol. The average molecular weight is 502 g/mol. The summed E-state index contributed by atoms with van der Waals surface area (Å²) >= 11 is 0. The number of anilines is 5. The second kappa shape index (κ2) is 10.0. The highest BCUT2D eigenvalue weighted by molar-refractivity contribution is 5.76. The molecule has 8 heteroatoms. The molecule has 0 amide bonds. The Kier molecular flexibility index (Phi) is 6.77. The van der Waals surface area contributed by atoms with Crippen LogP contribution < -0.4 is 15.5 Å². The zero-order valence-electron chi connectivity index (χ0n) is 21.8. The Hall–Kier alpha value is -3.65. The van der Waals surface area contributed by atoms with Crippen LogP contribution in [0.1, 0.15) is 45.6 Å². The first-order valence-electron chi connectivity index (χ1n) is 13.0. The van der Waals surface area contributed by atoms with Gasteiger partial charge in [-0.05, 0) is 54.2 Å². The molecule has 194 valence electrons. The van der Waals surface area contributed by atoms with Gasteiger partial charge in [-0.1, -0.05) is 51.5 Å². The van der Waals surface area contributed by atoms with E-state index in [1.807, 2.05) is 30.3 Å². The molecule has 2 fully saturated rings. The molecule has 8 nitrogen and oxygen atoms in total. The summed E-state index contributed by atoms with van der Waals surface area (Å²) in [5, 5.41) is 18.3. The van der Waals surface area contributed by atoms with E-state index in [0.717, 1.165) is 30.2 Å². The van der Waals surface area contributed by atoms with Gasteiger partial charge in [-0.15, -0.1) is 0 Å². The maximum absolute atomic E-state index is 11.8. The lowest BCUT2D eigenvalue weighted by molar-refractivity contribution is -0.384. The Morgan fingerprint density at radius 1 is 0.973 bits per heavy atom. The minimum absolute atomic E-state index is 0.0683. The second-order valence-electron chi connectivity index (χ2n) is 11.0. The molecule has 1 aromatic heterocycles. The first kappa shape index (κ1) is 25.0. The van der Waals surface area contributed by atoms with Crippen molar-refractivity contribution in [2.24, 2.45) is 5.41 Å². The minimum atomic E-state index is -0.405. The Labute approximate surface area is 218 Å². The first-order chi connectivity index (χ1) is 17.8. The highest BCUT2D eigenvalue weighted by Crippen LogP contribution is 2.55. The second-order valence-corrected chi connectivity index (χ2v) is 11.0. The molecule has 0 radical (unpaired) electrons. The summed E-state index contributed by atoms with van der Waals surface area (Å²) < 4.78 is 5.49. The molecule has 1 aliphatic heterocycles. The number of hydrogen-bond donors (Lipinski definition) is 2. The Balaban J connectivity index is 1.39. The third-order valence-corrected chi connectivity index (χ3v) is 7.93. The van der Waals surface area contributed by atoms with Gasteiger partial charge in [0.25, 0.3) is 0 Å². The van der Waals surface area contributed by atoms with Crippen LogP contribution in [0.2, 0.25) is 0 Å². The van der Waals surface area contributed by atoms with Crippen LogP contribution >= 0.6 is 0 Å². The number of aromatic nitrogens is 1. The molecule has 1 saturated carbocycles. The molecule has 0 spiro atoms. The van der Waals surface area contributed by atoms with Crippen molar-refractivity contribution < 1.29 is 9.66 Å². The van der Waals surface area contributed by atoms with E-state index in [9.17, 15) is 10.1 Å². The lowest BCUT2D eigenvalue weighted by Crippen LogP contribution is -2.45. The van der Waals surface area contributed by atoms with E-state index in [-0.39, 0.29) is 22.3 Å². The normalized spacial score (nSPS) is 17.1. The van der Waals surface area contributed by atoms with E-state index in [1.54, 1.807) is 6.07 Å². The number of rotatable bonds is 7. The first-order valence-corrected chi connectivity index (χ1v) is 13.0. The van der Waals surface area contributed by atoms with Crippen LogP contribution in [-0.2, 0) is 10.2 Å². The van der Waals surface area contributed by atoms with Gasteiger partial charge in [0.15, 0.2) is 0 Å². The van der Waals surface area contributed by atoms with Crippen LogP contribution in [0.4, 0.5) is 34.4 Å². The van der Waals surface area contributed by atoms with Gasteiger partial charge < -0.3 is 20.3 Å². The highest BCUT2D eigenvalue weighted by Gasteiger charge is 2.47. The van der Waals surface area contributed by atoms with Crippen molar-refractivity contribution >= 4 is 34.4 Å². The fourth-order valence-electron chi connectivity index (χ4n) is 5.57. The summed E-state index contributed by atoms with van der Waals surface area (Å²) in [6.07, 6.45) is 3.63. The molecule has 2 heterocycles. The van der Waals surface area contributed by atoms with Gasteiger partial charge in [0.2, 0.25) is 5.82 Å². The standard InChI is InChI=1S/C29H35N5O3/c1-28(2,3)29(15-6-16-29)21-9-11-22(12-10-21)30-27-25(34(35)36)13-14-26(32-27)31-23-7-4-5-8-24(23)33-17-19-37-20-18-33/h4-5,7-14H,6,15-20H2,1-3H3,(H2,30,31,32). The number of hydrogen-bond acceptors (Lipinski definition) is 7. The number of para-hydroxylation sites is 2. The van der Waals surface area contributed by atoms with Crippen molar-refractivity contribution in [1.82, 2.24) is 4.98 Å². The van der Waals surface area contributed by atoms with E-state index in [2.05, 4.69) is 59.5 Å². The number of nitrogens with zero attached hydrogens (tertiary/aromatic N) is 3. The maximum atomic E-state index is 11.8. The number of nitrogens with one attached hydrogen (secondary N) is 2. The van der Waals surface area contributed by atoms with Crippen molar-refractivity contribution in [1.29, 1.82) is 0 Å². The number of nitro groups is 1. The summed E-state index contributed by atoms with van der Waals surface area (Å²) in [4.78, 5) is 18.2. The Bertz CT molecular complexity index is 1260. The molecule has 0 unspecified atom stereocenters. The van der Waals surface area contributed by atoms with E-state index < -0.39 is 4.92 Å². The van der Waals surface area contributed by atoms with Crippen molar-refractivity contribution in [2.45, 2.75) is 45.4 Å². The number of pyridine rings is 1. The van der Waals surface area contributed by atoms with E-state index in [1.165, 1.54) is 30.9 Å². The van der Waals surface area contributed by atoms with E-state index in [0.29, 0.717) is 19.0 Å². The van der Waals surface area contributed by atoms with Crippen molar-refractivity contribution in [3.8, 4) is 0 Å². The number of benzene rings is 2. The summed E-state index contributed by atoms with van der Waals surface area (Å²) in [5.41, 5.74) is 4.35. The van der Waals surface area contributed by atoms with Crippen LogP contribution in [-0.4, -0.2) is 36.2 Å². The number of ether oxygens (including phenoxy) is 1. The monoisotopic (exact) mass is 501 g/mol. The van der Waals surface area contributed by atoms with Crippen LogP contribution in [0, 0.1) is 15.5 Å². The quantitative estimate of drug-likeness (QED) is 0.272. The largest absolute Gasteiger partial charge is 0.378 e. The molecule has 0 atom stereocenters. The van der Waals surface area contributed by atoms with Gasteiger partial charge in [-0.2, -0.15) is 0 Å². The van der Waals surface area contributed by atoms with Crippen molar-refractivity contribution in [2.75, 3.05) is 41.8 Å². The molecule has 5 rings (SSSR count). The van der Waals surface area contributed by atoms with Gasteiger partial charge >= 0.3 is 5.69 Å². The van der Waals surface area contributed by atoms with Crippen LogP contribution in [0.25, 0.3) is 0 Å². The van der Waals surface area contributed by atoms with Crippen LogP contribution in [0.3, 0.4) is 0 Å². The molecule has 2 N–H and O–H groups in total. The molecule has 37 heavy (non-hydrogen) atoms. The Morgan fingerprint density at radius 3 is 2.30 bits per heavy atom.